The molecule has 0 bridgehead atoms. The van der Waals surface area contributed by atoms with Crippen molar-refractivity contribution in [2.45, 2.75) is 15.5 Å². The van der Waals surface area contributed by atoms with Crippen LogP contribution in [-0.2, 0) is 21.1 Å². The number of hydrogen-bond donors (Lipinski definition) is 1. The lowest BCUT2D eigenvalue weighted by molar-refractivity contribution is -0.136. The summed E-state index contributed by atoms with van der Waals surface area (Å²) in [5.41, 5.74) is 1.20. The van der Waals surface area contributed by atoms with Crippen molar-refractivity contribution in [1.82, 2.24) is 4.98 Å². The van der Waals surface area contributed by atoms with Crippen molar-refractivity contribution >= 4 is 38.7 Å². The first kappa shape index (κ1) is 17.6. The van der Waals surface area contributed by atoms with Crippen LogP contribution >= 0.6 is 22.9 Å². The van der Waals surface area contributed by atoms with E-state index in [1.54, 1.807) is 30.3 Å². The zero-order valence-corrected chi connectivity index (χ0v) is 15.1. The van der Waals surface area contributed by atoms with Gasteiger partial charge in [-0.1, -0.05) is 35.9 Å². The Morgan fingerprint density at radius 3 is 2.56 bits per heavy atom. The van der Waals surface area contributed by atoms with Gasteiger partial charge < -0.3 is 5.11 Å². The first-order valence-corrected chi connectivity index (χ1v) is 9.81. The summed E-state index contributed by atoms with van der Waals surface area (Å²) < 4.78 is 25.6. The second-order valence-corrected chi connectivity index (χ2v) is 8.86. The molecule has 0 amide bonds. The van der Waals surface area contributed by atoms with E-state index in [1.165, 1.54) is 24.4 Å². The molecule has 0 saturated heterocycles. The van der Waals surface area contributed by atoms with Crippen molar-refractivity contribution in [1.29, 1.82) is 0 Å². The van der Waals surface area contributed by atoms with Crippen LogP contribution < -0.4 is 0 Å². The number of carbonyl (C=O) groups is 1. The molecule has 3 aromatic rings. The molecular formula is C17H12ClNO4S2. The Morgan fingerprint density at radius 2 is 1.88 bits per heavy atom. The number of benzene rings is 2. The van der Waals surface area contributed by atoms with Crippen LogP contribution in [0.15, 0.2) is 63.8 Å². The van der Waals surface area contributed by atoms with Crippen molar-refractivity contribution in [3.8, 4) is 10.6 Å². The normalized spacial score (nSPS) is 11.4. The molecule has 0 aliphatic rings. The highest BCUT2D eigenvalue weighted by molar-refractivity contribution is 7.93. The Labute approximate surface area is 153 Å². The molecule has 0 aliphatic carbocycles. The number of halogens is 1. The third kappa shape index (κ3) is 3.89. The van der Waals surface area contributed by atoms with Crippen LogP contribution in [0.2, 0.25) is 5.02 Å². The summed E-state index contributed by atoms with van der Waals surface area (Å²) in [6.07, 6.45) is 1.08. The van der Waals surface area contributed by atoms with Crippen molar-refractivity contribution in [3.05, 3.63) is 65.3 Å². The topological polar surface area (TPSA) is 84.3 Å². The minimum absolute atomic E-state index is 0.0533. The number of nitrogens with zero attached hydrogens (tertiary/aromatic N) is 1. The van der Waals surface area contributed by atoms with E-state index < -0.39 is 15.8 Å². The van der Waals surface area contributed by atoms with Gasteiger partial charge in [0, 0.05) is 10.6 Å². The van der Waals surface area contributed by atoms with Gasteiger partial charge in [-0.15, -0.1) is 11.3 Å². The number of thiazole rings is 1. The van der Waals surface area contributed by atoms with Gasteiger partial charge >= 0.3 is 5.97 Å². The summed E-state index contributed by atoms with van der Waals surface area (Å²) in [7, 11) is -3.76. The molecular weight excluding hydrogens is 382 g/mol. The predicted octanol–water partition coefficient (Wildman–Crippen LogP) is 3.92. The van der Waals surface area contributed by atoms with Crippen molar-refractivity contribution in [3.63, 3.8) is 0 Å². The molecule has 0 atom stereocenters. The molecule has 0 aliphatic heterocycles. The van der Waals surface area contributed by atoms with E-state index in [0.29, 0.717) is 15.6 Å². The molecule has 0 radical (unpaired) electrons. The summed E-state index contributed by atoms with van der Waals surface area (Å²) in [6.45, 7) is 0. The number of carboxylic acid groups (broad SMARTS) is 1. The zero-order chi connectivity index (χ0) is 18.0. The molecule has 0 saturated carbocycles. The fraction of sp³-hybridized carbons (Fsp3) is 0.0588. The third-order valence-electron chi connectivity index (χ3n) is 3.40. The number of sulfone groups is 1. The number of aliphatic carboxylic acids is 1. The summed E-state index contributed by atoms with van der Waals surface area (Å²) in [6, 6.07) is 12.9. The minimum atomic E-state index is -3.76. The number of hydrogen-bond acceptors (Lipinski definition) is 5. The van der Waals surface area contributed by atoms with Gasteiger partial charge in [-0.05, 0) is 29.8 Å². The monoisotopic (exact) mass is 393 g/mol. The molecule has 0 spiro atoms. The van der Waals surface area contributed by atoms with Gasteiger partial charge in [0.05, 0.1) is 17.5 Å². The van der Waals surface area contributed by atoms with Crippen LogP contribution in [0.3, 0.4) is 0 Å². The Kier molecular flexibility index (Phi) is 4.89. The lowest BCUT2D eigenvalue weighted by atomic mass is 10.2. The van der Waals surface area contributed by atoms with Gasteiger partial charge in [0.2, 0.25) is 9.84 Å². The molecule has 128 valence electrons. The highest BCUT2D eigenvalue weighted by Gasteiger charge is 2.22. The summed E-state index contributed by atoms with van der Waals surface area (Å²) >= 11 is 6.91. The van der Waals surface area contributed by atoms with E-state index in [-0.39, 0.29) is 15.5 Å². The minimum Gasteiger partial charge on any atom is -0.481 e. The summed E-state index contributed by atoms with van der Waals surface area (Å²) in [5.74, 6) is -1.02. The first-order valence-electron chi connectivity index (χ1n) is 7.14. The second-order valence-electron chi connectivity index (χ2n) is 5.21. The molecule has 5 nitrogen and oxygen atoms in total. The lowest BCUT2D eigenvalue weighted by Gasteiger charge is -2.03. The highest BCUT2D eigenvalue weighted by atomic mass is 35.5. The van der Waals surface area contributed by atoms with Gasteiger partial charge in [-0.2, -0.15) is 0 Å². The molecule has 8 heteroatoms. The summed E-state index contributed by atoms with van der Waals surface area (Å²) in [5, 5.41) is 10.0. The largest absolute Gasteiger partial charge is 0.481 e. The predicted molar refractivity (Wildman–Crippen MR) is 95.8 cm³/mol. The van der Waals surface area contributed by atoms with Crippen LogP contribution in [0.4, 0.5) is 0 Å². The SMILES string of the molecule is O=C(O)Cc1cccc(S(=O)(=O)c2cnc(-c3ccc(Cl)cc3)s2)c1. The van der Waals surface area contributed by atoms with Crippen LogP contribution in [0.5, 0.6) is 0 Å². The number of rotatable bonds is 5. The van der Waals surface area contributed by atoms with E-state index >= 15 is 0 Å². The van der Waals surface area contributed by atoms with Gasteiger partial charge in [-0.25, -0.2) is 13.4 Å². The molecule has 25 heavy (non-hydrogen) atoms. The van der Waals surface area contributed by atoms with E-state index in [9.17, 15) is 13.2 Å². The standard InChI is InChI=1S/C17H12ClNO4S2/c18-13-6-4-12(5-7-13)17-19-10-16(24-17)25(22,23)14-3-1-2-11(8-14)9-15(20)21/h1-8,10H,9H2,(H,20,21). The van der Waals surface area contributed by atoms with Crippen molar-refractivity contribution < 1.29 is 18.3 Å². The highest BCUT2D eigenvalue weighted by Crippen LogP contribution is 2.32. The quantitative estimate of drug-likeness (QED) is 0.710. The number of aromatic nitrogens is 1. The molecule has 1 N–H and O–H groups in total. The van der Waals surface area contributed by atoms with Crippen molar-refractivity contribution in [2.75, 3.05) is 0 Å². The molecule has 1 aromatic heterocycles. The van der Waals surface area contributed by atoms with E-state index in [4.69, 9.17) is 16.7 Å². The fourth-order valence-electron chi connectivity index (χ4n) is 2.22. The maximum Gasteiger partial charge on any atom is 0.307 e. The molecule has 3 rings (SSSR count). The lowest BCUT2D eigenvalue weighted by Crippen LogP contribution is -2.03. The van der Waals surface area contributed by atoms with Crippen LogP contribution in [0, 0.1) is 0 Å². The Bertz CT molecular complexity index is 1030. The maximum absolute atomic E-state index is 12.8. The van der Waals surface area contributed by atoms with Gasteiger partial charge in [-0.3, -0.25) is 4.79 Å². The Balaban J connectivity index is 1.96. The van der Waals surface area contributed by atoms with E-state index in [1.807, 2.05) is 0 Å². The molecule has 0 unspecified atom stereocenters. The number of carboxylic acids is 1. The average Bonchev–Trinajstić information content (AvgIpc) is 3.06. The van der Waals surface area contributed by atoms with Crippen molar-refractivity contribution in [2.24, 2.45) is 0 Å². The van der Waals surface area contributed by atoms with Gasteiger partial charge in [0.25, 0.3) is 0 Å². The van der Waals surface area contributed by atoms with Crippen LogP contribution in [0.1, 0.15) is 5.56 Å². The van der Waals surface area contributed by atoms with Gasteiger partial charge in [0.1, 0.15) is 9.22 Å². The Hall–Kier alpha value is -2.22. The van der Waals surface area contributed by atoms with Gasteiger partial charge in [0.15, 0.2) is 0 Å². The fourth-order valence-corrected chi connectivity index (χ4v) is 4.96. The molecule has 2 aromatic carbocycles. The average molecular weight is 394 g/mol. The molecule has 1 heterocycles. The summed E-state index contributed by atoms with van der Waals surface area (Å²) in [4.78, 5) is 15.1. The third-order valence-corrected chi connectivity index (χ3v) is 6.92. The maximum atomic E-state index is 12.8. The zero-order valence-electron chi connectivity index (χ0n) is 12.7. The van der Waals surface area contributed by atoms with Crippen LogP contribution in [-0.4, -0.2) is 24.5 Å². The van der Waals surface area contributed by atoms with E-state index in [2.05, 4.69) is 4.98 Å². The molecule has 0 fully saturated rings. The van der Waals surface area contributed by atoms with Crippen LogP contribution in [0.25, 0.3) is 10.6 Å². The van der Waals surface area contributed by atoms with E-state index in [0.717, 1.165) is 16.9 Å². The smallest absolute Gasteiger partial charge is 0.307 e. The Morgan fingerprint density at radius 1 is 1.16 bits per heavy atom. The first-order chi connectivity index (χ1) is 11.9. The second kappa shape index (κ2) is 6.95.